The Morgan fingerprint density at radius 1 is 1.12 bits per heavy atom. The van der Waals surface area contributed by atoms with E-state index >= 15 is 0 Å². The Morgan fingerprint density at radius 2 is 1.96 bits per heavy atom. The Balaban J connectivity index is 1.48. The Bertz CT molecular complexity index is 1130. The normalized spacial score (nSPS) is 11.1. The van der Waals surface area contributed by atoms with Gasteiger partial charge >= 0.3 is 0 Å². The molecule has 0 saturated carbocycles. The molecule has 0 atom stereocenters. The number of fused-ring (bicyclic) bond motifs is 3. The molecular formula is C19H16N4O3. The van der Waals surface area contributed by atoms with Crippen molar-refractivity contribution in [3.63, 3.8) is 0 Å². The van der Waals surface area contributed by atoms with E-state index in [2.05, 4.69) is 15.3 Å². The fourth-order valence-electron chi connectivity index (χ4n) is 2.81. The molecule has 1 amide bonds. The van der Waals surface area contributed by atoms with Crippen LogP contribution < -0.4 is 10.9 Å². The van der Waals surface area contributed by atoms with Crippen LogP contribution in [0.3, 0.4) is 0 Å². The molecule has 0 fully saturated rings. The quantitative estimate of drug-likeness (QED) is 0.595. The van der Waals surface area contributed by atoms with E-state index in [1.165, 1.54) is 10.9 Å². The number of nitrogens with zero attached hydrogens (tertiary/aromatic N) is 3. The highest BCUT2D eigenvalue weighted by Gasteiger charge is 2.14. The molecule has 0 bridgehead atoms. The summed E-state index contributed by atoms with van der Waals surface area (Å²) in [5.74, 6) is -0.264. The summed E-state index contributed by atoms with van der Waals surface area (Å²) in [6.07, 6.45) is 3.72. The van der Waals surface area contributed by atoms with E-state index in [1.54, 1.807) is 12.3 Å². The van der Waals surface area contributed by atoms with Crippen LogP contribution in [-0.2, 0) is 17.8 Å². The third-order valence-electron chi connectivity index (χ3n) is 4.09. The minimum absolute atomic E-state index is 0.110. The van der Waals surface area contributed by atoms with Crippen molar-refractivity contribution in [3.05, 3.63) is 71.0 Å². The SMILES string of the molecule is O=C(Cn1cnc2c(oc3ccccc32)c1=O)NCCc1ccccn1. The van der Waals surface area contributed by atoms with Gasteiger partial charge in [0.15, 0.2) is 0 Å². The largest absolute Gasteiger partial charge is 0.448 e. The van der Waals surface area contributed by atoms with Gasteiger partial charge in [-0.25, -0.2) is 4.98 Å². The highest BCUT2D eigenvalue weighted by atomic mass is 16.3. The van der Waals surface area contributed by atoms with Gasteiger partial charge in [-0.3, -0.25) is 19.1 Å². The van der Waals surface area contributed by atoms with E-state index in [4.69, 9.17) is 4.42 Å². The zero-order valence-corrected chi connectivity index (χ0v) is 13.9. The molecule has 1 N–H and O–H groups in total. The Kier molecular flexibility index (Phi) is 4.18. The summed E-state index contributed by atoms with van der Waals surface area (Å²) >= 11 is 0. The summed E-state index contributed by atoms with van der Waals surface area (Å²) in [6.45, 7) is 0.339. The number of furan rings is 1. The predicted octanol–water partition coefficient (Wildman–Crippen LogP) is 1.90. The second-order valence-electron chi connectivity index (χ2n) is 5.87. The highest BCUT2D eigenvalue weighted by molar-refractivity contribution is 6.01. The lowest BCUT2D eigenvalue weighted by Gasteiger charge is -2.06. The number of carbonyl (C=O) groups excluding carboxylic acids is 1. The summed E-state index contributed by atoms with van der Waals surface area (Å²) in [5, 5.41) is 3.57. The Morgan fingerprint density at radius 3 is 2.81 bits per heavy atom. The first-order chi connectivity index (χ1) is 12.7. The lowest BCUT2D eigenvalue weighted by Crippen LogP contribution is -2.33. The molecular weight excluding hydrogens is 332 g/mol. The number of benzene rings is 1. The fraction of sp³-hybridized carbons (Fsp3) is 0.158. The van der Waals surface area contributed by atoms with E-state index in [0.29, 0.717) is 24.1 Å². The minimum atomic E-state index is -0.369. The molecule has 1 aromatic carbocycles. The zero-order chi connectivity index (χ0) is 17.9. The molecule has 3 heterocycles. The number of carbonyl (C=O) groups is 1. The molecule has 0 spiro atoms. The summed E-state index contributed by atoms with van der Waals surface area (Å²) in [4.78, 5) is 33.2. The van der Waals surface area contributed by atoms with Crippen molar-refractivity contribution >= 4 is 28.0 Å². The van der Waals surface area contributed by atoms with Gasteiger partial charge in [0.25, 0.3) is 5.56 Å². The molecule has 7 heteroatoms. The van der Waals surface area contributed by atoms with E-state index in [0.717, 1.165) is 11.1 Å². The van der Waals surface area contributed by atoms with Gasteiger partial charge in [0, 0.05) is 30.2 Å². The maximum atomic E-state index is 12.6. The minimum Gasteiger partial charge on any atom is -0.448 e. The van der Waals surface area contributed by atoms with Crippen molar-refractivity contribution in [2.75, 3.05) is 6.54 Å². The van der Waals surface area contributed by atoms with Gasteiger partial charge in [0.1, 0.15) is 17.6 Å². The topological polar surface area (TPSA) is 90.0 Å². The molecule has 0 saturated heterocycles. The lowest BCUT2D eigenvalue weighted by atomic mass is 10.2. The third-order valence-corrected chi connectivity index (χ3v) is 4.09. The molecule has 0 unspecified atom stereocenters. The van der Waals surface area contributed by atoms with Crippen molar-refractivity contribution in [2.24, 2.45) is 0 Å². The van der Waals surface area contributed by atoms with Crippen LogP contribution in [0, 0.1) is 0 Å². The first kappa shape index (κ1) is 16.0. The van der Waals surface area contributed by atoms with Gasteiger partial charge in [-0.15, -0.1) is 0 Å². The molecule has 130 valence electrons. The third kappa shape index (κ3) is 3.06. The monoisotopic (exact) mass is 348 g/mol. The number of hydrogen-bond acceptors (Lipinski definition) is 5. The number of aromatic nitrogens is 3. The number of rotatable bonds is 5. The molecule has 7 nitrogen and oxygen atoms in total. The summed E-state index contributed by atoms with van der Waals surface area (Å²) < 4.78 is 6.86. The molecule has 26 heavy (non-hydrogen) atoms. The van der Waals surface area contributed by atoms with Crippen LogP contribution in [0.25, 0.3) is 22.1 Å². The van der Waals surface area contributed by atoms with Gasteiger partial charge in [0.2, 0.25) is 11.5 Å². The number of pyridine rings is 1. The number of hydrogen-bond donors (Lipinski definition) is 1. The van der Waals surface area contributed by atoms with Gasteiger partial charge in [0.05, 0.1) is 6.33 Å². The van der Waals surface area contributed by atoms with Crippen LogP contribution in [0.4, 0.5) is 0 Å². The average Bonchev–Trinajstić information content (AvgIpc) is 3.04. The van der Waals surface area contributed by atoms with E-state index < -0.39 is 0 Å². The Hall–Kier alpha value is -3.48. The van der Waals surface area contributed by atoms with Crippen molar-refractivity contribution in [1.82, 2.24) is 19.9 Å². The van der Waals surface area contributed by atoms with Crippen LogP contribution in [-0.4, -0.2) is 27.0 Å². The maximum absolute atomic E-state index is 12.6. The first-order valence-electron chi connectivity index (χ1n) is 8.25. The number of para-hydroxylation sites is 1. The summed E-state index contributed by atoms with van der Waals surface area (Å²) in [5.41, 5.74) is 1.80. The predicted molar refractivity (Wildman–Crippen MR) is 96.7 cm³/mol. The summed E-state index contributed by atoms with van der Waals surface area (Å²) in [7, 11) is 0. The van der Waals surface area contributed by atoms with Crippen LogP contribution in [0.15, 0.2) is 64.2 Å². The smallest absolute Gasteiger partial charge is 0.297 e. The van der Waals surface area contributed by atoms with Crippen LogP contribution in [0.2, 0.25) is 0 Å². The first-order valence-corrected chi connectivity index (χ1v) is 8.25. The number of nitrogens with one attached hydrogen (secondary N) is 1. The number of amides is 1. The standard InChI is InChI=1S/C19H16N4O3/c24-16(21-10-8-13-5-3-4-9-20-13)11-23-12-22-17-14-6-1-2-7-15(14)26-18(17)19(23)25/h1-7,9,12H,8,10-11H2,(H,21,24). The second-order valence-corrected chi connectivity index (χ2v) is 5.87. The molecule has 0 aliphatic rings. The van der Waals surface area contributed by atoms with E-state index in [9.17, 15) is 9.59 Å². The van der Waals surface area contributed by atoms with E-state index in [1.807, 2.05) is 36.4 Å². The molecule has 3 aromatic heterocycles. The van der Waals surface area contributed by atoms with E-state index in [-0.39, 0.29) is 23.6 Å². The average molecular weight is 348 g/mol. The van der Waals surface area contributed by atoms with Gasteiger partial charge < -0.3 is 9.73 Å². The van der Waals surface area contributed by atoms with Crippen molar-refractivity contribution < 1.29 is 9.21 Å². The van der Waals surface area contributed by atoms with Crippen LogP contribution >= 0.6 is 0 Å². The van der Waals surface area contributed by atoms with Gasteiger partial charge in [-0.2, -0.15) is 0 Å². The van der Waals surface area contributed by atoms with Gasteiger partial charge in [-0.1, -0.05) is 18.2 Å². The van der Waals surface area contributed by atoms with Crippen molar-refractivity contribution in [2.45, 2.75) is 13.0 Å². The fourth-order valence-corrected chi connectivity index (χ4v) is 2.81. The second kappa shape index (κ2) is 6.79. The van der Waals surface area contributed by atoms with Crippen LogP contribution in [0.1, 0.15) is 5.69 Å². The molecule has 4 aromatic rings. The Labute approximate surface area is 148 Å². The van der Waals surface area contributed by atoms with Crippen molar-refractivity contribution in [1.29, 1.82) is 0 Å². The van der Waals surface area contributed by atoms with Gasteiger partial charge in [-0.05, 0) is 24.3 Å². The molecule has 0 radical (unpaired) electrons. The maximum Gasteiger partial charge on any atom is 0.297 e. The van der Waals surface area contributed by atoms with Crippen molar-refractivity contribution in [3.8, 4) is 0 Å². The molecule has 4 rings (SSSR count). The molecule has 0 aliphatic heterocycles. The highest BCUT2D eigenvalue weighted by Crippen LogP contribution is 2.23. The zero-order valence-electron chi connectivity index (χ0n) is 13.9. The molecule has 0 aliphatic carbocycles. The summed E-state index contributed by atoms with van der Waals surface area (Å²) in [6, 6.07) is 13.0. The van der Waals surface area contributed by atoms with Crippen LogP contribution in [0.5, 0.6) is 0 Å². The lowest BCUT2D eigenvalue weighted by molar-refractivity contribution is -0.121.